The van der Waals surface area contributed by atoms with Crippen molar-refractivity contribution in [3.63, 3.8) is 0 Å². The predicted molar refractivity (Wildman–Crippen MR) is 50.4 cm³/mol. The summed E-state index contributed by atoms with van der Waals surface area (Å²) in [5.41, 5.74) is -0.796. The van der Waals surface area contributed by atoms with Crippen LogP contribution in [0.1, 0.15) is 0 Å². The van der Waals surface area contributed by atoms with Gasteiger partial charge in [-0.25, -0.2) is 4.39 Å². The van der Waals surface area contributed by atoms with E-state index in [1.54, 1.807) is 0 Å². The molecule has 0 unspecified atom stereocenters. The fourth-order valence-electron chi connectivity index (χ4n) is 0.877. The number of methoxy groups -OCH3 is 1. The molecule has 0 heterocycles. The smallest absolute Gasteiger partial charge is 0.169 e. The van der Waals surface area contributed by atoms with Crippen molar-refractivity contribution in [1.29, 1.82) is 0 Å². The maximum Gasteiger partial charge on any atom is 0.169 e. The van der Waals surface area contributed by atoms with Crippen LogP contribution in [0.3, 0.4) is 0 Å². The van der Waals surface area contributed by atoms with Gasteiger partial charge in [0.1, 0.15) is 5.02 Å². The molecule has 0 aliphatic rings. The van der Waals surface area contributed by atoms with Crippen molar-refractivity contribution in [3.05, 3.63) is 21.4 Å². The van der Waals surface area contributed by atoms with E-state index in [9.17, 15) is 13.4 Å². The lowest BCUT2D eigenvalue weighted by Crippen LogP contribution is -2.02. The van der Waals surface area contributed by atoms with Crippen LogP contribution in [-0.2, 0) is 0 Å². The zero-order chi connectivity index (χ0) is 10.9. The van der Waals surface area contributed by atoms with Crippen LogP contribution in [0.5, 0.6) is 5.75 Å². The molecule has 0 aliphatic heterocycles. The van der Waals surface area contributed by atoms with Crippen molar-refractivity contribution < 1.29 is 18.1 Å². The zero-order valence-electron chi connectivity index (χ0n) is 6.82. The molecule has 14 heavy (non-hydrogen) atoms. The molecule has 0 amide bonds. The SMILES string of the molecule is COc1cc(Br)c(F)c(Cl)c1N(F)F. The van der Waals surface area contributed by atoms with Gasteiger partial charge in [0.15, 0.2) is 17.3 Å². The van der Waals surface area contributed by atoms with Crippen molar-refractivity contribution in [1.82, 2.24) is 0 Å². The number of rotatable bonds is 2. The summed E-state index contributed by atoms with van der Waals surface area (Å²) in [5.74, 6) is -1.17. The van der Waals surface area contributed by atoms with E-state index >= 15 is 0 Å². The molecule has 0 bridgehead atoms. The molecule has 0 radical (unpaired) electrons. The minimum absolute atomic E-state index is 0.0371. The van der Waals surface area contributed by atoms with Crippen LogP contribution >= 0.6 is 27.5 Å². The van der Waals surface area contributed by atoms with Gasteiger partial charge in [0, 0.05) is 0 Å². The second-order valence-corrected chi connectivity index (χ2v) is 3.50. The highest BCUT2D eigenvalue weighted by Crippen LogP contribution is 2.41. The lowest BCUT2D eigenvalue weighted by molar-refractivity contribution is 0.230. The molecule has 0 aromatic heterocycles. The Bertz CT molecular complexity index is 361. The zero-order valence-corrected chi connectivity index (χ0v) is 9.16. The Labute approximate surface area is 91.2 Å². The number of ether oxygens (including phenoxy) is 1. The molecule has 78 valence electrons. The second kappa shape index (κ2) is 4.27. The van der Waals surface area contributed by atoms with E-state index in [1.165, 1.54) is 7.11 Å². The van der Waals surface area contributed by atoms with Crippen molar-refractivity contribution in [2.24, 2.45) is 0 Å². The molecule has 1 aromatic carbocycles. The van der Waals surface area contributed by atoms with Gasteiger partial charge >= 0.3 is 0 Å². The van der Waals surface area contributed by atoms with Crippen molar-refractivity contribution in [2.75, 3.05) is 12.5 Å². The van der Waals surface area contributed by atoms with Crippen LogP contribution in [0.25, 0.3) is 0 Å². The highest BCUT2D eigenvalue weighted by molar-refractivity contribution is 9.10. The van der Waals surface area contributed by atoms with Gasteiger partial charge in [-0.15, -0.1) is 0 Å². The van der Waals surface area contributed by atoms with E-state index in [0.29, 0.717) is 0 Å². The average Bonchev–Trinajstić information content (AvgIpc) is 2.12. The van der Waals surface area contributed by atoms with Gasteiger partial charge in [-0.2, -0.15) is 0 Å². The minimum Gasteiger partial charge on any atom is -0.494 e. The fraction of sp³-hybridized carbons (Fsp3) is 0.143. The maximum atomic E-state index is 13.1. The molecule has 0 spiro atoms. The molecule has 0 N–H and O–H groups in total. The predicted octanol–water partition coefficient (Wildman–Crippen LogP) is 3.83. The Morgan fingerprint density at radius 3 is 2.50 bits per heavy atom. The largest absolute Gasteiger partial charge is 0.494 e. The van der Waals surface area contributed by atoms with E-state index in [4.69, 9.17) is 11.6 Å². The molecule has 0 saturated carbocycles. The molecule has 0 atom stereocenters. The Morgan fingerprint density at radius 2 is 2.07 bits per heavy atom. The van der Waals surface area contributed by atoms with Gasteiger partial charge in [0.05, 0.1) is 11.6 Å². The summed E-state index contributed by atoms with van der Waals surface area (Å²) in [6.45, 7) is 0. The van der Waals surface area contributed by atoms with Crippen molar-refractivity contribution >= 4 is 33.2 Å². The van der Waals surface area contributed by atoms with Crippen LogP contribution in [-0.4, -0.2) is 7.11 Å². The summed E-state index contributed by atoms with van der Waals surface area (Å²) < 4.78 is 42.2. The van der Waals surface area contributed by atoms with Crippen LogP contribution in [0, 0.1) is 5.82 Å². The number of anilines is 1. The number of benzene rings is 1. The minimum atomic E-state index is -1.29. The normalized spacial score (nSPS) is 10.1. The summed E-state index contributed by atoms with van der Waals surface area (Å²) in [7, 11) is 1.18. The summed E-state index contributed by atoms with van der Waals surface area (Å²) >= 11 is 8.19. The third-order valence-electron chi connectivity index (χ3n) is 1.49. The van der Waals surface area contributed by atoms with Gasteiger partial charge in [0.25, 0.3) is 0 Å². The topological polar surface area (TPSA) is 12.5 Å². The van der Waals surface area contributed by atoms with E-state index in [2.05, 4.69) is 20.7 Å². The van der Waals surface area contributed by atoms with Crippen LogP contribution in [0.2, 0.25) is 5.02 Å². The van der Waals surface area contributed by atoms with Gasteiger partial charge in [0.2, 0.25) is 0 Å². The maximum absolute atomic E-state index is 13.1. The van der Waals surface area contributed by atoms with Crippen molar-refractivity contribution in [3.8, 4) is 5.75 Å². The van der Waals surface area contributed by atoms with Gasteiger partial charge in [-0.1, -0.05) is 20.6 Å². The van der Waals surface area contributed by atoms with Crippen LogP contribution in [0.4, 0.5) is 19.0 Å². The van der Waals surface area contributed by atoms with E-state index in [1.807, 2.05) is 0 Å². The third kappa shape index (κ3) is 1.90. The first-order valence-electron chi connectivity index (χ1n) is 3.32. The molecule has 1 aromatic rings. The monoisotopic (exact) mass is 289 g/mol. The van der Waals surface area contributed by atoms with E-state index < -0.39 is 21.9 Å². The van der Waals surface area contributed by atoms with Gasteiger partial charge in [-0.05, 0) is 27.3 Å². The summed E-state index contributed by atoms with van der Waals surface area (Å²) in [6, 6.07) is 1.07. The Balaban J connectivity index is 3.45. The lowest BCUT2D eigenvalue weighted by atomic mass is 10.3. The standard InChI is InChI=1S/C7H4BrClF3NO/c1-14-4-2-3(8)6(10)5(9)7(4)13(11)12/h2H,1H3. The van der Waals surface area contributed by atoms with Crippen LogP contribution in [0.15, 0.2) is 10.5 Å². The van der Waals surface area contributed by atoms with E-state index in [0.717, 1.165) is 6.07 Å². The molecule has 0 saturated heterocycles. The quantitative estimate of drug-likeness (QED) is 0.606. The first-order valence-corrected chi connectivity index (χ1v) is 4.49. The highest BCUT2D eigenvalue weighted by Gasteiger charge is 2.22. The van der Waals surface area contributed by atoms with E-state index in [-0.39, 0.29) is 10.2 Å². The molecular weight excluding hydrogens is 286 g/mol. The highest BCUT2D eigenvalue weighted by atomic mass is 79.9. The molecule has 0 fully saturated rings. The summed E-state index contributed by atoms with van der Waals surface area (Å²) in [6.07, 6.45) is 0. The fourth-order valence-corrected chi connectivity index (χ4v) is 1.66. The molecule has 0 aliphatic carbocycles. The molecule has 2 nitrogen and oxygen atoms in total. The summed E-state index contributed by atoms with van der Waals surface area (Å²) in [4.78, 5) is 0. The number of hydrogen-bond donors (Lipinski definition) is 0. The Morgan fingerprint density at radius 1 is 1.50 bits per heavy atom. The van der Waals surface area contributed by atoms with Gasteiger partial charge < -0.3 is 4.74 Å². The summed E-state index contributed by atoms with van der Waals surface area (Å²) in [5, 5.41) is -1.99. The second-order valence-electron chi connectivity index (χ2n) is 2.27. The number of nitrogens with zero attached hydrogens (tertiary/aromatic N) is 1. The molecule has 1 rings (SSSR count). The first-order chi connectivity index (χ1) is 6.49. The lowest BCUT2D eigenvalue weighted by Gasteiger charge is -2.11. The Hall–Kier alpha value is -0.620. The van der Waals surface area contributed by atoms with Crippen LogP contribution < -0.4 is 10.1 Å². The molecule has 7 heteroatoms. The van der Waals surface area contributed by atoms with Gasteiger partial charge in [-0.3, -0.25) is 0 Å². The number of halogens is 5. The van der Waals surface area contributed by atoms with Crippen molar-refractivity contribution in [2.45, 2.75) is 0 Å². The molecular formula is C7H4BrClF3NO. The number of hydrogen-bond acceptors (Lipinski definition) is 2. The first kappa shape index (κ1) is 11.5. The Kier molecular flexibility index (Phi) is 3.49. The third-order valence-corrected chi connectivity index (χ3v) is 2.41. The average molecular weight is 290 g/mol.